The van der Waals surface area contributed by atoms with Crippen LogP contribution in [0, 0.1) is 22.5 Å². The number of fused-ring (bicyclic) bond motifs is 11. The molecule has 2 saturated heterocycles. The van der Waals surface area contributed by atoms with Crippen molar-refractivity contribution in [1.82, 2.24) is 19.3 Å². The summed E-state index contributed by atoms with van der Waals surface area (Å²) in [6.07, 6.45) is 7.24. The number of halogens is 2. The molecule has 5 aliphatic rings. The Labute approximate surface area is 393 Å². The average Bonchev–Trinajstić information content (AvgIpc) is 3.86. The van der Waals surface area contributed by atoms with Gasteiger partial charge in [0.1, 0.15) is 24.0 Å². The number of benzene rings is 4. The Balaban J connectivity index is 1.23. The lowest BCUT2D eigenvalue weighted by atomic mass is 9.70. The highest BCUT2D eigenvalue weighted by Gasteiger charge is 2.53. The Hall–Kier alpha value is -6.32. The van der Waals surface area contributed by atoms with Gasteiger partial charge in [-0.05, 0) is 86.4 Å². The molecule has 14 heteroatoms. The fraction of sp³-hybridized carbons (Fsp3) is 0.370. The number of carbonyl (C=O) groups excluding carboxylic acids is 2. The smallest absolute Gasteiger partial charge is 0.339 e. The average molecular weight is 923 g/mol. The van der Waals surface area contributed by atoms with E-state index in [0.29, 0.717) is 60.4 Å². The van der Waals surface area contributed by atoms with Crippen LogP contribution in [0.1, 0.15) is 105 Å². The maximum absolute atomic E-state index is 16.7. The van der Waals surface area contributed by atoms with Crippen LogP contribution in [0.2, 0.25) is 0 Å². The number of methoxy groups -OCH3 is 2. The zero-order valence-corrected chi connectivity index (χ0v) is 38.6. The first-order valence-corrected chi connectivity index (χ1v) is 23.8. The van der Waals surface area contributed by atoms with Crippen molar-refractivity contribution in [3.05, 3.63) is 143 Å². The maximum Gasteiger partial charge on any atom is 0.339 e. The van der Waals surface area contributed by atoms with E-state index in [1.54, 1.807) is 24.3 Å². The van der Waals surface area contributed by atoms with Gasteiger partial charge in [-0.1, -0.05) is 86.7 Å². The van der Waals surface area contributed by atoms with Gasteiger partial charge in [0.25, 0.3) is 0 Å². The number of carbonyl (C=O) groups is 2. The number of ether oxygens (including phenoxy) is 2. The molecule has 0 spiro atoms. The summed E-state index contributed by atoms with van der Waals surface area (Å²) < 4.78 is 48.2. The van der Waals surface area contributed by atoms with Gasteiger partial charge in [-0.15, -0.1) is 0 Å². The summed E-state index contributed by atoms with van der Waals surface area (Å²) in [5.41, 5.74) is 4.72. The number of esters is 2. The molecule has 2 fully saturated rings. The van der Waals surface area contributed by atoms with E-state index in [4.69, 9.17) is 9.47 Å². The number of nitrogens with zero attached hydrogens (tertiary/aromatic N) is 4. The number of aromatic nitrogens is 2. The fourth-order valence-electron chi connectivity index (χ4n) is 13.0. The van der Waals surface area contributed by atoms with E-state index >= 15 is 8.78 Å². The lowest BCUT2D eigenvalue weighted by Gasteiger charge is -2.50. The van der Waals surface area contributed by atoms with Crippen molar-refractivity contribution in [2.45, 2.75) is 89.1 Å². The Bertz CT molecular complexity index is 3090. The Morgan fingerprint density at radius 2 is 1.26 bits per heavy atom. The third kappa shape index (κ3) is 6.44. The van der Waals surface area contributed by atoms with Gasteiger partial charge in [-0.3, -0.25) is 0 Å². The summed E-state index contributed by atoms with van der Waals surface area (Å²) in [5, 5.41) is 35.5. The van der Waals surface area contributed by atoms with Crippen molar-refractivity contribution in [1.29, 1.82) is 0 Å². The Morgan fingerprint density at radius 3 is 1.88 bits per heavy atom. The van der Waals surface area contributed by atoms with E-state index in [2.05, 4.69) is 33.6 Å². The highest BCUT2D eigenvalue weighted by molar-refractivity contribution is 6.19. The van der Waals surface area contributed by atoms with Crippen LogP contribution in [0.5, 0.6) is 0 Å². The lowest BCUT2D eigenvalue weighted by molar-refractivity contribution is -0.203. The summed E-state index contributed by atoms with van der Waals surface area (Å²) in [6, 6.07) is 25.5. The number of hydroxylamine groups is 4. The quantitative estimate of drug-likeness (QED) is 0.104. The molecule has 0 radical (unpaired) electrons. The van der Waals surface area contributed by atoms with Gasteiger partial charge in [-0.25, -0.2) is 18.4 Å². The van der Waals surface area contributed by atoms with Crippen LogP contribution >= 0.6 is 0 Å². The normalized spacial score (nSPS) is 26.6. The van der Waals surface area contributed by atoms with Crippen LogP contribution in [0.15, 0.2) is 103 Å². The molecule has 0 bridgehead atoms. The number of para-hydroxylation sites is 4. The molecular formula is C54H56F2N6O6. The van der Waals surface area contributed by atoms with Crippen LogP contribution < -0.4 is 10.6 Å². The summed E-state index contributed by atoms with van der Waals surface area (Å²) in [7, 11) is 2.74. The highest BCUT2D eigenvalue weighted by Crippen LogP contribution is 2.59. The van der Waals surface area contributed by atoms with E-state index in [1.807, 2.05) is 66.7 Å². The molecule has 1 unspecified atom stereocenters. The van der Waals surface area contributed by atoms with Crippen molar-refractivity contribution in [3.63, 3.8) is 0 Å². The first-order chi connectivity index (χ1) is 33.0. The SMILES string of the molecule is CC[C@]12C=C(C(=O)OC)c3c(C[C@@H]4Nc5c(F)cccc5C(Nc5ccccc5F)[C@H]4c4c5n(c6ccccc46)[C@H]4N(O)CCC[C@@]4(CC)C=C5C(=O)OC)c4ccccc4n3[C@H]1N(O)CCC2. The van der Waals surface area contributed by atoms with Crippen LogP contribution in [-0.2, 0) is 25.5 Å². The summed E-state index contributed by atoms with van der Waals surface area (Å²) >= 11 is 0. The largest absolute Gasteiger partial charge is 0.465 e. The van der Waals surface area contributed by atoms with Crippen molar-refractivity contribution < 1.29 is 38.3 Å². The Kier molecular flexibility index (Phi) is 10.9. The molecule has 11 rings (SSSR count). The first kappa shape index (κ1) is 44.2. The number of anilines is 2. The molecule has 352 valence electrons. The molecule has 12 nitrogen and oxygen atoms in total. The fourth-order valence-corrected chi connectivity index (χ4v) is 13.0. The van der Waals surface area contributed by atoms with Crippen molar-refractivity contribution in [3.8, 4) is 0 Å². The van der Waals surface area contributed by atoms with Gasteiger partial charge < -0.3 is 39.7 Å². The summed E-state index contributed by atoms with van der Waals surface area (Å²) in [4.78, 5) is 28.8. The van der Waals surface area contributed by atoms with Crippen LogP contribution in [-0.4, -0.2) is 75.0 Å². The monoisotopic (exact) mass is 922 g/mol. The van der Waals surface area contributed by atoms with E-state index in [9.17, 15) is 20.0 Å². The predicted molar refractivity (Wildman–Crippen MR) is 256 cm³/mol. The topological polar surface area (TPSA) is 133 Å². The van der Waals surface area contributed by atoms with E-state index < -0.39 is 64.7 Å². The molecule has 4 aromatic carbocycles. The van der Waals surface area contributed by atoms with E-state index in [1.165, 1.54) is 36.5 Å². The Morgan fingerprint density at radius 1 is 0.721 bits per heavy atom. The predicted octanol–water partition coefficient (Wildman–Crippen LogP) is 10.7. The lowest BCUT2D eigenvalue weighted by Crippen LogP contribution is -2.49. The minimum absolute atomic E-state index is 0.188. The zero-order valence-electron chi connectivity index (χ0n) is 38.6. The van der Waals surface area contributed by atoms with Gasteiger partial charge in [0.15, 0.2) is 0 Å². The highest BCUT2D eigenvalue weighted by atomic mass is 19.1. The third-order valence-electron chi connectivity index (χ3n) is 16.1. The molecule has 7 heterocycles. The number of piperidine rings is 2. The number of hydrogen-bond acceptors (Lipinski definition) is 10. The standard InChI is InChI=1S/C54H56F2N6O6/c1-5-53-24-14-26-59(65)51(53)61-41-22-11-7-16-31(41)34(47(61)35(29-53)49(63)67-3)28-40-44(46(57-39-21-10-9-19-37(39)55)33-18-13-20-38(56)45(33)58-40)43-32-17-8-12-23-42(32)62-48(43)36(50(64)68-4)30-54(6-2)25-15-27-60(66)52(54)62/h7-13,16-23,29-30,40,44,46,51-52,57-58,65-66H,5-6,14-15,24-28H2,1-4H3/t40-,44+,46?,51+,52+,53-,54-/m0/s1. The van der Waals surface area contributed by atoms with Gasteiger partial charge in [0, 0.05) is 52.2 Å². The summed E-state index contributed by atoms with van der Waals surface area (Å²) in [5.74, 6) is -2.76. The molecule has 7 atom stereocenters. The van der Waals surface area contributed by atoms with Crippen molar-refractivity contribution in [2.24, 2.45) is 10.8 Å². The molecule has 0 amide bonds. The zero-order chi connectivity index (χ0) is 47.2. The van der Waals surface area contributed by atoms with Gasteiger partial charge in [0.2, 0.25) is 0 Å². The molecular weight excluding hydrogens is 867 g/mol. The van der Waals surface area contributed by atoms with E-state index in [-0.39, 0.29) is 17.8 Å². The van der Waals surface area contributed by atoms with E-state index in [0.717, 1.165) is 52.2 Å². The number of hydrogen-bond donors (Lipinski definition) is 4. The van der Waals surface area contributed by atoms with Crippen LogP contribution in [0.3, 0.4) is 0 Å². The first-order valence-electron chi connectivity index (χ1n) is 23.8. The molecule has 4 N–H and O–H groups in total. The molecule has 2 aromatic heterocycles. The maximum atomic E-state index is 16.7. The van der Waals surface area contributed by atoms with Gasteiger partial charge in [-0.2, -0.15) is 10.1 Å². The van der Waals surface area contributed by atoms with Crippen molar-refractivity contribution >= 4 is 56.3 Å². The van der Waals surface area contributed by atoms with Gasteiger partial charge >= 0.3 is 11.9 Å². The van der Waals surface area contributed by atoms with Crippen molar-refractivity contribution in [2.75, 3.05) is 37.9 Å². The molecule has 5 aliphatic heterocycles. The van der Waals surface area contributed by atoms with Gasteiger partial charge in [0.05, 0.1) is 65.2 Å². The molecule has 0 saturated carbocycles. The minimum Gasteiger partial charge on any atom is -0.465 e. The molecule has 6 aromatic rings. The second-order valence-corrected chi connectivity index (χ2v) is 19.2. The minimum atomic E-state index is -0.827. The summed E-state index contributed by atoms with van der Waals surface area (Å²) in [6.45, 7) is 5.01. The van der Waals surface area contributed by atoms with Crippen LogP contribution in [0.25, 0.3) is 33.0 Å². The number of nitrogens with one attached hydrogen (secondary N) is 2. The third-order valence-corrected chi connectivity index (χ3v) is 16.1. The van der Waals surface area contributed by atoms with Crippen LogP contribution in [0.4, 0.5) is 20.2 Å². The molecule has 68 heavy (non-hydrogen) atoms. The molecule has 0 aliphatic carbocycles. The second-order valence-electron chi connectivity index (χ2n) is 19.2. The number of rotatable bonds is 9. The second kappa shape index (κ2) is 16.7.